The van der Waals surface area contributed by atoms with E-state index in [0.29, 0.717) is 11.6 Å². The van der Waals surface area contributed by atoms with Gasteiger partial charge in [0.1, 0.15) is 5.82 Å². The second-order valence-electron chi connectivity index (χ2n) is 7.31. The van der Waals surface area contributed by atoms with Crippen LogP contribution >= 0.6 is 11.8 Å². The first-order valence-corrected chi connectivity index (χ1v) is 10.5. The SMILES string of the molecule is Cc1ccc(-n2c(SCc3ccc(F)cc3)nnc2C(C)NC(=O)C(C)C)cc1. The quantitative estimate of drug-likeness (QED) is 0.564. The molecule has 0 radical (unpaired) electrons. The van der Waals surface area contributed by atoms with E-state index in [4.69, 9.17) is 0 Å². The predicted octanol–water partition coefficient (Wildman–Crippen LogP) is 4.84. The summed E-state index contributed by atoms with van der Waals surface area (Å²) in [6.45, 7) is 7.66. The first-order chi connectivity index (χ1) is 13.8. The highest BCUT2D eigenvalue weighted by molar-refractivity contribution is 7.98. The average molecular weight is 413 g/mol. The molecule has 0 saturated heterocycles. The molecule has 0 bridgehead atoms. The van der Waals surface area contributed by atoms with Gasteiger partial charge in [0, 0.05) is 17.4 Å². The molecule has 1 aromatic heterocycles. The van der Waals surface area contributed by atoms with Crippen LogP contribution in [0, 0.1) is 18.7 Å². The van der Waals surface area contributed by atoms with E-state index in [-0.39, 0.29) is 23.7 Å². The van der Waals surface area contributed by atoms with Gasteiger partial charge in [-0.15, -0.1) is 10.2 Å². The lowest BCUT2D eigenvalue weighted by molar-refractivity contribution is -0.124. The van der Waals surface area contributed by atoms with Crippen LogP contribution in [0.2, 0.25) is 0 Å². The zero-order valence-corrected chi connectivity index (χ0v) is 17.8. The van der Waals surface area contributed by atoms with Crippen LogP contribution in [-0.2, 0) is 10.5 Å². The topological polar surface area (TPSA) is 59.8 Å². The molecule has 0 saturated carbocycles. The molecule has 29 heavy (non-hydrogen) atoms. The van der Waals surface area contributed by atoms with E-state index in [1.54, 1.807) is 12.1 Å². The first kappa shape index (κ1) is 21.0. The van der Waals surface area contributed by atoms with E-state index < -0.39 is 0 Å². The molecule has 1 heterocycles. The average Bonchev–Trinajstić information content (AvgIpc) is 3.12. The number of benzene rings is 2. The van der Waals surface area contributed by atoms with E-state index in [1.807, 2.05) is 56.5 Å². The molecule has 1 N–H and O–H groups in total. The molecule has 0 aliphatic carbocycles. The number of halogens is 1. The molecule has 1 atom stereocenters. The van der Waals surface area contributed by atoms with Gasteiger partial charge >= 0.3 is 0 Å². The van der Waals surface area contributed by atoms with Crippen molar-refractivity contribution in [3.63, 3.8) is 0 Å². The highest BCUT2D eigenvalue weighted by Gasteiger charge is 2.22. The number of thioether (sulfide) groups is 1. The summed E-state index contributed by atoms with van der Waals surface area (Å²) in [4.78, 5) is 12.2. The summed E-state index contributed by atoms with van der Waals surface area (Å²) in [6, 6.07) is 14.2. The van der Waals surface area contributed by atoms with Crippen LogP contribution in [0.1, 0.15) is 43.8 Å². The molecule has 0 aliphatic heterocycles. The van der Waals surface area contributed by atoms with Crippen LogP contribution < -0.4 is 5.32 Å². The van der Waals surface area contributed by atoms with Crippen LogP contribution in [-0.4, -0.2) is 20.7 Å². The zero-order chi connectivity index (χ0) is 21.0. The van der Waals surface area contributed by atoms with Crippen molar-refractivity contribution >= 4 is 17.7 Å². The Kier molecular flexibility index (Phi) is 6.69. The number of hydrogen-bond acceptors (Lipinski definition) is 4. The van der Waals surface area contributed by atoms with E-state index in [0.717, 1.165) is 22.0 Å². The molecule has 5 nitrogen and oxygen atoms in total. The molecule has 7 heteroatoms. The fraction of sp³-hybridized carbons (Fsp3) is 0.318. The minimum atomic E-state index is -0.293. The van der Waals surface area contributed by atoms with Crippen molar-refractivity contribution in [2.75, 3.05) is 0 Å². The van der Waals surface area contributed by atoms with Gasteiger partial charge in [-0.1, -0.05) is 55.4 Å². The Morgan fingerprint density at radius 1 is 1.07 bits per heavy atom. The van der Waals surface area contributed by atoms with Gasteiger partial charge in [-0.2, -0.15) is 0 Å². The number of hydrogen-bond donors (Lipinski definition) is 1. The smallest absolute Gasteiger partial charge is 0.223 e. The Morgan fingerprint density at radius 2 is 1.72 bits per heavy atom. The maximum absolute atomic E-state index is 13.2. The normalized spacial score (nSPS) is 12.2. The molecule has 1 amide bonds. The first-order valence-electron chi connectivity index (χ1n) is 9.55. The number of nitrogens with one attached hydrogen (secondary N) is 1. The van der Waals surface area contributed by atoms with Crippen LogP contribution in [0.3, 0.4) is 0 Å². The van der Waals surface area contributed by atoms with Crippen molar-refractivity contribution in [3.05, 3.63) is 71.3 Å². The molecule has 3 aromatic rings. The molecule has 1 unspecified atom stereocenters. The minimum absolute atomic E-state index is 0.0310. The van der Waals surface area contributed by atoms with Gasteiger partial charge in [-0.3, -0.25) is 9.36 Å². The van der Waals surface area contributed by atoms with Crippen LogP contribution in [0.4, 0.5) is 4.39 Å². The van der Waals surface area contributed by atoms with Crippen molar-refractivity contribution in [2.45, 2.75) is 44.6 Å². The number of nitrogens with zero attached hydrogens (tertiary/aromatic N) is 3. The third-order valence-electron chi connectivity index (χ3n) is 4.50. The molecule has 0 spiro atoms. The maximum atomic E-state index is 13.2. The molecule has 2 aromatic carbocycles. The van der Waals surface area contributed by atoms with Gasteiger partial charge in [0.2, 0.25) is 5.91 Å². The lowest BCUT2D eigenvalue weighted by Gasteiger charge is -2.17. The molecule has 0 fully saturated rings. The van der Waals surface area contributed by atoms with Crippen molar-refractivity contribution in [3.8, 4) is 5.69 Å². The van der Waals surface area contributed by atoms with Crippen molar-refractivity contribution < 1.29 is 9.18 Å². The van der Waals surface area contributed by atoms with Crippen LogP contribution in [0.15, 0.2) is 53.7 Å². The third kappa shape index (κ3) is 5.23. The standard InChI is InChI=1S/C22H25FN4OS/c1-14(2)21(28)24-16(4)20-25-26-22(27(20)19-11-5-15(3)6-12-19)29-13-17-7-9-18(23)10-8-17/h5-12,14,16H,13H2,1-4H3,(H,24,28). The summed E-state index contributed by atoms with van der Waals surface area (Å²) >= 11 is 1.52. The molecule has 152 valence electrons. The zero-order valence-electron chi connectivity index (χ0n) is 17.0. The Hall–Kier alpha value is -2.67. The number of aryl methyl sites for hydroxylation is 1. The molecule has 0 aliphatic rings. The van der Waals surface area contributed by atoms with E-state index >= 15 is 0 Å². The Balaban J connectivity index is 1.91. The summed E-state index contributed by atoms with van der Waals surface area (Å²) in [5.41, 5.74) is 3.09. The number of aromatic nitrogens is 3. The van der Waals surface area contributed by atoms with Crippen LogP contribution in [0.25, 0.3) is 5.69 Å². The van der Waals surface area contributed by atoms with E-state index in [9.17, 15) is 9.18 Å². The largest absolute Gasteiger partial charge is 0.346 e. The minimum Gasteiger partial charge on any atom is -0.346 e. The van der Waals surface area contributed by atoms with Gasteiger partial charge in [0.25, 0.3) is 0 Å². The number of rotatable bonds is 7. The molecular formula is C22H25FN4OS. The van der Waals surface area contributed by atoms with Crippen molar-refractivity contribution in [2.24, 2.45) is 5.92 Å². The number of amides is 1. The van der Waals surface area contributed by atoms with Gasteiger partial charge < -0.3 is 5.32 Å². The van der Waals surface area contributed by atoms with Crippen molar-refractivity contribution in [1.82, 2.24) is 20.1 Å². The monoisotopic (exact) mass is 412 g/mol. The van der Waals surface area contributed by atoms with Gasteiger partial charge in [0.05, 0.1) is 6.04 Å². The van der Waals surface area contributed by atoms with Crippen LogP contribution in [0.5, 0.6) is 0 Å². The van der Waals surface area contributed by atoms with E-state index in [1.165, 1.54) is 23.9 Å². The van der Waals surface area contributed by atoms with Gasteiger partial charge in [-0.25, -0.2) is 4.39 Å². The Labute approximate surface area is 174 Å². The second-order valence-corrected chi connectivity index (χ2v) is 8.25. The maximum Gasteiger partial charge on any atom is 0.223 e. The lowest BCUT2D eigenvalue weighted by atomic mass is 10.2. The summed E-state index contributed by atoms with van der Waals surface area (Å²) in [7, 11) is 0. The fourth-order valence-electron chi connectivity index (χ4n) is 2.76. The number of carbonyl (C=O) groups is 1. The highest BCUT2D eigenvalue weighted by Crippen LogP contribution is 2.28. The van der Waals surface area contributed by atoms with Gasteiger partial charge in [-0.05, 0) is 43.7 Å². The lowest BCUT2D eigenvalue weighted by Crippen LogP contribution is -2.31. The molecular weight excluding hydrogens is 387 g/mol. The highest BCUT2D eigenvalue weighted by atomic mass is 32.2. The van der Waals surface area contributed by atoms with E-state index in [2.05, 4.69) is 15.5 Å². The summed E-state index contributed by atoms with van der Waals surface area (Å²) in [6.07, 6.45) is 0. The summed E-state index contributed by atoms with van der Waals surface area (Å²) in [5, 5.41) is 12.5. The fourth-order valence-corrected chi connectivity index (χ4v) is 3.68. The summed E-state index contributed by atoms with van der Waals surface area (Å²) < 4.78 is 15.1. The second kappa shape index (κ2) is 9.22. The molecule has 3 rings (SSSR count). The number of carbonyl (C=O) groups excluding carboxylic acids is 1. The summed E-state index contributed by atoms with van der Waals surface area (Å²) in [5.74, 6) is 0.914. The Bertz CT molecular complexity index is 967. The Morgan fingerprint density at radius 3 is 2.34 bits per heavy atom. The third-order valence-corrected chi connectivity index (χ3v) is 5.50. The van der Waals surface area contributed by atoms with Crippen molar-refractivity contribution in [1.29, 1.82) is 0 Å². The predicted molar refractivity (Wildman–Crippen MR) is 113 cm³/mol. The van der Waals surface area contributed by atoms with Gasteiger partial charge in [0.15, 0.2) is 11.0 Å².